The number of aryl methyl sites for hydroxylation is 1. The molecule has 112 valence electrons. The molecule has 2 rings (SSSR count). The highest BCUT2D eigenvalue weighted by atomic mass is 35.5. The number of nitrogens with one attached hydrogen (secondary N) is 2. The number of carbonyl (C=O) groups excluding carboxylic acids is 1. The summed E-state index contributed by atoms with van der Waals surface area (Å²) in [6.07, 6.45) is 0.507. The number of aliphatic hydroxyl groups excluding tert-OH is 1. The van der Waals surface area contributed by atoms with Gasteiger partial charge in [-0.2, -0.15) is 0 Å². The van der Waals surface area contributed by atoms with Gasteiger partial charge in [-0.25, -0.2) is 9.78 Å². The van der Waals surface area contributed by atoms with Crippen LogP contribution in [0.4, 0.5) is 10.6 Å². The normalized spacial score (nSPS) is 12.2. The zero-order valence-corrected chi connectivity index (χ0v) is 12.7. The summed E-state index contributed by atoms with van der Waals surface area (Å²) in [5, 5.41) is 15.7. The highest BCUT2D eigenvalue weighted by Gasteiger charge is 2.09. The lowest BCUT2D eigenvalue weighted by molar-refractivity contribution is 0.241. The van der Waals surface area contributed by atoms with E-state index in [0.29, 0.717) is 17.3 Å². The Morgan fingerprint density at radius 3 is 2.86 bits per heavy atom. The van der Waals surface area contributed by atoms with E-state index in [1.165, 1.54) is 0 Å². The summed E-state index contributed by atoms with van der Waals surface area (Å²) >= 11 is 6.13. The van der Waals surface area contributed by atoms with Crippen molar-refractivity contribution in [1.29, 1.82) is 0 Å². The topological polar surface area (TPSA) is 74.2 Å². The largest absolute Gasteiger partial charge is 0.396 e. The Kier molecular flexibility index (Phi) is 4.98. The van der Waals surface area contributed by atoms with Gasteiger partial charge >= 0.3 is 6.03 Å². The second-order valence-corrected chi connectivity index (χ2v) is 5.38. The molecule has 2 aromatic rings. The van der Waals surface area contributed by atoms with E-state index in [1.54, 1.807) is 6.07 Å². The first-order chi connectivity index (χ1) is 10.0. The molecule has 1 atom stereocenters. The van der Waals surface area contributed by atoms with E-state index in [0.717, 1.165) is 16.5 Å². The number of halogens is 1. The molecule has 1 heterocycles. The Hall–Kier alpha value is -1.85. The van der Waals surface area contributed by atoms with Crippen LogP contribution in [0, 0.1) is 6.92 Å². The van der Waals surface area contributed by atoms with Crippen molar-refractivity contribution in [3.05, 3.63) is 34.9 Å². The number of benzene rings is 1. The smallest absolute Gasteiger partial charge is 0.320 e. The number of rotatable bonds is 4. The number of urea groups is 1. The van der Waals surface area contributed by atoms with Crippen molar-refractivity contribution in [2.24, 2.45) is 0 Å². The third-order valence-electron chi connectivity index (χ3n) is 3.19. The molecule has 0 spiro atoms. The SMILES string of the molecule is Cc1ccc(Cl)c2ccc(NC(=O)NC(C)CCO)nc12. The summed E-state index contributed by atoms with van der Waals surface area (Å²) in [7, 11) is 0. The maximum Gasteiger partial charge on any atom is 0.320 e. The lowest BCUT2D eigenvalue weighted by atomic mass is 10.1. The molecular formula is C15H18ClN3O2. The number of nitrogens with zero attached hydrogens (tertiary/aromatic N) is 1. The van der Waals surface area contributed by atoms with Crippen LogP contribution in [-0.2, 0) is 0 Å². The van der Waals surface area contributed by atoms with Crippen molar-refractivity contribution < 1.29 is 9.90 Å². The van der Waals surface area contributed by atoms with Crippen LogP contribution in [0.2, 0.25) is 5.02 Å². The van der Waals surface area contributed by atoms with Gasteiger partial charge in [0.05, 0.1) is 5.52 Å². The minimum absolute atomic E-state index is 0.0351. The summed E-state index contributed by atoms with van der Waals surface area (Å²) in [5.41, 5.74) is 1.76. The average molecular weight is 308 g/mol. The number of amides is 2. The predicted molar refractivity (Wildman–Crippen MR) is 84.8 cm³/mol. The lowest BCUT2D eigenvalue weighted by Crippen LogP contribution is -2.36. The van der Waals surface area contributed by atoms with Crippen LogP contribution in [-0.4, -0.2) is 28.8 Å². The summed E-state index contributed by atoms with van der Waals surface area (Å²) in [5.74, 6) is 0.460. The van der Waals surface area contributed by atoms with Crippen LogP contribution in [0.1, 0.15) is 18.9 Å². The van der Waals surface area contributed by atoms with Crippen molar-refractivity contribution in [3.8, 4) is 0 Å². The van der Waals surface area contributed by atoms with Gasteiger partial charge in [-0.3, -0.25) is 5.32 Å². The Balaban J connectivity index is 2.16. The van der Waals surface area contributed by atoms with E-state index < -0.39 is 0 Å². The van der Waals surface area contributed by atoms with Gasteiger partial charge in [0.2, 0.25) is 0 Å². The molecule has 3 N–H and O–H groups in total. The van der Waals surface area contributed by atoms with Gasteiger partial charge in [-0.05, 0) is 44.0 Å². The Morgan fingerprint density at radius 2 is 2.14 bits per heavy atom. The maximum atomic E-state index is 11.8. The van der Waals surface area contributed by atoms with Crippen LogP contribution in [0.3, 0.4) is 0 Å². The molecule has 21 heavy (non-hydrogen) atoms. The number of hydrogen-bond donors (Lipinski definition) is 3. The van der Waals surface area contributed by atoms with Crippen LogP contribution < -0.4 is 10.6 Å². The maximum absolute atomic E-state index is 11.8. The van der Waals surface area contributed by atoms with Crippen molar-refractivity contribution >= 4 is 34.4 Å². The number of pyridine rings is 1. The molecular weight excluding hydrogens is 290 g/mol. The fraction of sp³-hybridized carbons (Fsp3) is 0.333. The second kappa shape index (κ2) is 6.74. The van der Waals surface area contributed by atoms with E-state index >= 15 is 0 Å². The molecule has 0 fully saturated rings. The molecule has 1 aromatic heterocycles. The van der Waals surface area contributed by atoms with Gasteiger partial charge in [-0.1, -0.05) is 17.7 Å². The standard InChI is InChI=1S/C15H18ClN3O2/c1-9-3-5-12(16)11-4-6-13(18-14(9)11)19-15(21)17-10(2)7-8-20/h3-6,10,20H,7-8H2,1-2H3,(H2,17,18,19,21). The first-order valence-electron chi connectivity index (χ1n) is 6.75. The predicted octanol–water partition coefficient (Wildman–Crippen LogP) is 3.09. The minimum Gasteiger partial charge on any atom is -0.396 e. The molecule has 0 bridgehead atoms. The number of aromatic nitrogens is 1. The fourth-order valence-corrected chi connectivity index (χ4v) is 2.25. The summed E-state index contributed by atoms with van der Waals surface area (Å²) in [4.78, 5) is 16.2. The molecule has 0 saturated heterocycles. The molecule has 0 radical (unpaired) electrons. The van der Waals surface area contributed by atoms with E-state index in [4.69, 9.17) is 16.7 Å². The highest BCUT2D eigenvalue weighted by molar-refractivity contribution is 6.35. The number of carbonyl (C=O) groups is 1. The van der Waals surface area contributed by atoms with Crippen molar-refractivity contribution in [2.75, 3.05) is 11.9 Å². The Morgan fingerprint density at radius 1 is 1.38 bits per heavy atom. The molecule has 0 saturated carbocycles. The number of anilines is 1. The molecule has 0 aliphatic carbocycles. The quantitative estimate of drug-likeness (QED) is 0.812. The molecule has 1 unspecified atom stereocenters. The second-order valence-electron chi connectivity index (χ2n) is 4.97. The molecule has 0 aliphatic rings. The monoisotopic (exact) mass is 307 g/mol. The third-order valence-corrected chi connectivity index (χ3v) is 3.52. The van der Waals surface area contributed by atoms with Gasteiger partial charge in [0.15, 0.2) is 0 Å². The van der Waals surface area contributed by atoms with Crippen molar-refractivity contribution in [3.63, 3.8) is 0 Å². The average Bonchev–Trinajstić information content (AvgIpc) is 2.43. The van der Waals surface area contributed by atoms with Crippen LogP contribution >= 0.6 is 11.6 Å². The first kappa shape index (κ1) is 15.5. The van der Waals surface area contributed by atoms with Crippen molar-refractivity contribution in [2.45, 2.75) is 26.3 Å². The van der Waals surface area contributed by atoms with E-state index in [9.17, 15) is 4.79 Å². The van der Waals surface area contributed by atoms with Gasteiger partial charge < -0.3 is 10.4 Å². The molecule has 5 nitrogen and oxygen atoms in total. The zero-order chi connectivity index (χ0) is 15.4. The highest BCUT2D eigenvalue weighted by Crippen LogP contribution is 2.26. The molecule has 2 amide bonds. The Labute approximate surface area is 128 Å². The van der Waals surface area contributed by atoms with Gasteiger partial charge in [0, 0.05) is 23.1 Å². The van der Waals surface area contributed by atoms with E-state index in [2.05, 4.69) is 15.6 Å². The number of aliphatic hydroxyl groups is 1. The van der Waals surface area contributed by atoms with Gasteiger partial charge in [-0.15, -0.1) is 0 Å². The first-order valence-corrected chi connectivity index (χ1v) is 7.13. The molecule has 0 aliphatic heterocycles. The summed E-state index contributed by atoms with van der Waals surface area (Å²) in [6.45, 7) is 3.81. The van der Waals surface area contributed by atoms with Crippen molar-refractivity contribution in [1.82, 2.24) is 10.3 Å². The van der Waals surface area contributed by atoms with Gasteiger partial charge in [0.25, 0.3) is 0 Å². The number of fused-ring (bicyclic) bond motifs is 1. The van der Waals surface area contributed by atoms with E-state index in [-0.39, 0.29) is 18.7 Å². The number of hydrogen-bond acceptors (Lipinski definition) is 3. The summed E-state index contributed by atoms with van der Waals surface area (Å²) in [6, 6.07) is 6.82. The van der Waals surface area contributed by atoms with E-state index in [1.807, 2.05) is 32.0 Å². The van der Waals surface area contributed by atoms with Crippen LogP contribution in [0.15, 0.2) is 24.3 Å². The Bertz CT molecular complexity index is 661. The third kappa shape index (κ3) is 3.83. The lowest BCUT2D eigenvalue weighted by Gasteiger charge is -2.13. The minimum atomic E-state index is -0.345. The zero-order valence-electron chi connectivity index (χ0n) is 12.0. The fourth-order valence-electron chi connectivity index (χ4n) is 2.03. The molecule has 1 aromatic carbocycles. The van der Waals surface area contributed by atoms with Gasteiger partial charge in [0.1, 0.15) is 5.82 Å². The molecule has 6 heteroatoms. The van der Waals surface area contributed by atoms with Crippen LogP contribution in [0.25, 0.3) is 10.9 Å². The van der Waals surface area contributed by atoms with Crippen LogP contribution in [0.5, 0.6) is 0 Å². The summed E-state index contributed by atoms with van der Waals surface area (Å²) < 4.78 is 0.